The molecule has 2 N–H and O–H groups in total. The number of hydrogen-bond acceptors (Lipinski definition) is 5. The zero-order valence-electron chi connectivity index (χ0n) is 8.66. The van der Waals surface area contributed by atoms with Crippen molar-refractivity contribution in [2.45, 2.75) is 6.54 Å². The SMILES string of the molecule is COCCNC(=O)CNCc1cnco1. The van der Waals surface area contributed by atoms with Crippen molar-refractivity contribution in [3.8, 4) is 0 Å². The number of carbonyl (C=O) groups excluding carboxylic acids is 1. The number of hydrogen-bond donors (Lipinski definition) is 2. The van der Waals surface area contributed by atoms with E-state index in [4.69, 9.17) is 9.15 Å². The molecule has 0 unspecified atom stereocenters. The lowest BCUT2D eigenvalue weighted by Crippen LogP contribution is -2.35. The van der Waals surface area contributed by atoms with Crippen LogP contribution in [0.4, 0.5) is 0 Å². The Bertz CT molecular complexity index is 274. The minimum atomic E-state index is -0.0634. The number of oxazole rings is 1. The van der Waals surface area contributed by atoms with Gasteiger partial charge in [-0.2, -0.15) is 0 Å². The number of ether oxygens (including phenoxy) is 1. The lowest BCUT2D eigenvalue weighted by atomic mass is 10.4. The van der Waals surface area contributed by atoms with Crippen LogP contribution in [0.1, 0.15) is 5.76 Å². The number of carbonyl (C=O) groups is 1. The molecule has 1 aromatic heterocycles. The topological polar surface area (TPSA) is 76.4 Å². The number of nitrogens with one attached hydrogen (secondary N) is 2. The first-order chi connectivity index (χ1) is 7.33. The van der Waals surface area contributed by atoms with Crippen LogP contribution in [0.2, 0.25) is 0 Å². The van der Waals surface area contributed by atoms with E-state index in [-0.39, 0.29) is 12.5 Å². The summed E-state index contributed by atoms with van der Waals surface area (Å²) in [5.74, 6) is 0.645. The van der Waals surface area contributed by atoms with Crippen molar-refractivity contribution in [3.05, 3.63) is 18.4 Å². The van der Waals surface area contributed by atoms with Gasteiger partial charge in [0.1, 0.15) is 5.76 Å². The van der Waals surface area contributed by atoms with E-state index in [2.05, 4.69) is 15.6 Å². The first-order valence-corrected chi connectivity index (χ1v) is 4.66. The normalized spacial score (nSPS) is 10.2. The van der Waals surface area contributed by atoms with E-state index in [1.165, 1.54) is 6.39 Å². The average Bonchev–Trinajstić information content (AvgIpc) is 2.71. The Morgan fingerprint density at radius 2 is 2.53 bits per heavy atom. The van der Waals surface area contributed by atoms with Crippen LogP contribution in [0, 0.1) is 0 Å². The Hall–Kier alpha value is -1.40. The van der Waals surface area contributed by atoms with Gasteiger partial charge in [-0.3, -0.25) is 4.79 Å². The molecule has 1 rings (SSSR count). The van der Waals surface area contributed by atoms with E-state index in [1.807, 2.05) is 0 Å². The van der Waals surface area contributed by atoms with Gasteiger partial charge < -0.3 is 19.8 Å². The number of amides is 1. The fourth-order valence-electron chi connectivity index (χ4n) is 0.984. The van der Waals surface area contributed by atoms with E-state index in [0.717, 1.165) is 0 Å². The number of aromatic nitrogens is 1. The van der Waals surface area contributed by atoms with Crippen molar-refractivity contribution < 1.29 is 13.9 Å². The molecular weight excluding hydrogens is 198 g/mol. The Morgan fingerprint density at radius 3 is 3.20 bits per heavy atom. The molecule has 15 heavy (non-hydrogen) atoms. The van der Waals surface area contributed by atoms with Crippen molar-refractivity contribution in [3.63, 3.8) is 0 Å². The standard InChI is InChI=1S/C9H15N3O3/c1-14-3-2-12-9(13)6-10-4-8-5-11-7-15-8/h5,7,10H,2-4,6H2,1H3,(H,12,13). The van der Waals surface area contributed by atoms with Crippen molar-refractivity contribution in [2.24, 2.45) is 0 Å². The molecular formula is C9H15N3O3. The van der Waals surface area contributed by atoms with Crippen molar-refractivity contribution in [2.75, 3.05) is 26.8 Å². The van der Waals surface area contributed by atoms with E-state index >= 15 is 0 Å². The first kappa shape index (κ1) is 11.7. The summed E-state index contributed by atoms with van der Waals surface area (Å²) >= 11 is 0. The molecule has 0 bridgehead atoms. The Morgan fingerprint density at radius 1 is 1.67 bits per heavy atom. The number of methoxy groups -OCH3 is 1. The highest BCUT2D eigenvalue weighted by molar-refractivity contribution is 5.77. The molecule has 1 heterocycles. The summed E-state index contributed by atoms with van der Waals surface area (Å²) < 4.78 is 9.79. The Labute approximate surface area is 88.0 Å². The molecule has 6 nitrogen and oxygen atoms in total. The van der Waals surface area contributed by atoms with Crippen LogP contribution in [0.25, 0.3) is 0 Å². The van der Waals surface area contributed by atoms with Gasteiger partial charge in [0.25, 0.3) is 0 Å². The van der Waals surface area contributed by atoms with Gasteiger partial charge in [-0.15, -0.1) is 0 Å². The molecule has 0 aliphatic rings. The molecule has 0 aliphatic heterocycles. The molecule has 0 spiro atoms. The molecule has 1 amide bonds. The van der Waals surface area contributed by atoms with Gasteiger partial charge >= 0.3 is 0 Å². The maximum Gasteiger partial charge on any atom is 0.234 e. The van der Waals surface area contributed by atoms with Crippen LogP contribution in [-0.2, 0) is 16.1 Å². The second kappa shape index (κ2) is 6.97. The van der Waals surface area contributed by atoms with Crippen molar-refractivity contribution in [1.82, 2.24) is 15.6 Å². The van der Waals surface area contributed by atoms with E-state index < -0.39 is 0 Å². The molecule has 0 saturated heterocycles. The Balaban J connectivity index is 2.02. The van der Waals surface area contributed by atoms with Gasteiger partial charge in [0.05, 0.1) is 25.9 Å². The summed E-state index contributed by atoms with van der Waals surface area (Å²) in [6.07, 6.45) is 2.96. The van der Waals surface area contributed by atoms with Crippen LogP contribution in [-0.4, -0.2) is 37.7 Å². The highest BCUT2D eigenvalue weighted by atomic mass is 16.5. The third-order valence-corrected chi connectivity index (χ3v) is 1.70. The molecule has 0 fully saturated rings. The van der Waals surface area contributed by atoms with Gasteiger partial charge in [-0.25, -0.2) is 4.98 Å². The summed E-state index contributed by atoms with van der Waals surface area (Å²) in [6, 6.07) is 0. The minimum absolute atomic E-state index is 0.0634. The molecule has 0 aromatic carbocycles. The quantitative estimate of drug-likeness (QED) is 0.599. The monoisotopic (exact) mass is 213 g/mol. The highest BCUT2D eigenvalue weighted by Gasteiger charge is 2.00. The average molecular weight is 213 g/mol. The Kier molecular flexibility index (Phi) is 5.42. The van der Waals surface area contributed by atoms with Crippen molar-refractivity contribution >= 4 is 5.91 Å². The summed E-state index contributed by atoms with van der Waals surface area (Å²) in [4.78, 5) is 14.9. The fourth-order valence-corrected chi connectivity index (χ4v) is 0.984. The largest absolute Gasteiger partial charge is 0.447 e. The lowest BCUT2D eigenvalue weighted by molar-refractivity contribution is -0.120. The second-order valence-electron chi connectivity index (χ2n) is 2.91. The molecule has 6 heteroatoms. The van der Waals surface area contributed by atoms with Gasteiger partial charge in [-0.1, -0.05) is 0 Å². The summed E-state index contributed by atoms with van der Waals surface area (Å²) in [5.41, 5.74) is 0. The number of rotatable bonds is 7. The van der Waals surface area contributed by atoms with E-state index in [0.29, 0.717) is 25.5 Å². The maximum atomic E-state index is 11.2. The van der Waals surface area contributed by atoms with Gasteiger partial charge in [0, 0.05) is 13.7 Å². The maximum absolute atomic E-state index is 11.2. The minimum Gasteiger partial charge on any atom is -0.447 e. The molecule has 0 radical (unpaired) electrons. The molecule has 0 saturated carbocycles. The predicted molar refractivity (Wildman–Crippen MR) is 53.1 cm³/mol. The van der Waals surface area contributed by atoms with Gasteiger partial charge in [0.2, 0.25) is 5.91 Å². The number of nitrogens with zero attached hydrogens (tertiary/aromatic N) is 1. The zero-order chi connectivity index (χ0) is 10.9. The summed E-state index contributed by atoms with van der Waals surface area (Å²) in [6.45, 7) is 1.80. The van der Waals surface area contributed by atoms with Crippen LogP contribution in [0.15, 0.2) is 17.0 Å². The molecule has 0 atom stereocenters. The van der Waals surface area contributed by atoms with Crippen LogP contribution in [0.5, 0.6) is 0 Å². The van der Waals surface area contributed by atoms with Gasteiger partial charge in [-0.05, 0) is 0 Å². The third-order valence-electron chi connectivity index (χ3n) is 1.70. The lowest BCUT2D eigenvalue weighted by Gasteiger charge is -2.04. The van der Waals surface area contributed by atoms with Gasteiger partial charge in [0.15, 0.2) is 6.39 Å². The van der Waals surface area contributed by atoms with Crippen LogP contribution in [0.3, 0.4) is 0 Å². The predicted octanol–water partition coefficient (Wildman–Crippen LogP) is -0.473. The smallest absolute Gasteiger partial charge is 0.234 e. The summed E-state index contributed by atoms with van der Waals surface area (Å²) in [7, 11) is 1.59. The van der Waals surface area contributed by atoms with E-state index in [1.54, 1.807) is 13.3 Å². The second-order valence-corrected chi connectivity index (χ2v) is 2.91. The molecule has 1 aromatic rings. The van der Waals surface area contributed by atoms with E-state index in [9.17, 15) is 4.79 Å². The molecule has 84 valence electrons. The third kappa shape index (κ3) is 5.14. The fraction of sp³-hybridized carbons (Fsp3) is 0.556. The van der Waals surface area contributed by atoms with Crippen LogP contribution >= 0.6 is 0 Å². The first-order valence-electron chi connectivity index (χ1n) is 4.66. The van der Waals surface area contributed by atoms with Crippen molar-refractivity contribution in [1.29, 1.82) is 0 Å². The molecule has 0 aliphatic carbocycles. The highest BCUT2D eigenvalue weighted by Crippen LogP contribution is 1.93. The zero-order valence-corrected chi connectivity index (χ0v) is 8.66. The van der Waals surface area contributed by atoms with Crippen LogP contribution < -0.4 is 10.6 Å². The summed E-state index contributed by atoms with van der Waals surface area (Å²) in [5, 5.41) is 5.62.